The Morgan fingerprint density at radius 3 is 2.88 bits per heavy atom. The number of ether oxygens (including phenoxy) is 1. The molecular formula is C16H19ClN4O3S2. The van der Waals surface area contributed by atoms with Gasteiger partial charge in [0.25, 0.3) is 0 Å². The van der Waals surface area contributed by atoms with E-state index in [1.807, 2.05) is 25.1 Å². The predicted octanol–water partition coefficient (Wildman–Crippen LogP) is 3.41. The molecule has 1 heterocycles. The molecule has 0 spiro atoms. The molecule has 7 nitrogen and oxygen atoms in total. The summed E-state index contributed by atoms with van der Waals surface area (Å²) >= 11 is 8.77. The Hall–Kier alpha value is -1.84. The average molecular weight is 415 g/mol. The molecule has 0 radical (unpaired) electrons. The molecule has 0 aliphatic rings. The van der Waals surface area contributed by atoms with Crippen LogP contribution in [0, 0.1) is 6.92 Å². The van der Waals surface area contributed by atoms with Gasteiger partial charge in [-0.2, -0.15) is 0 Å². The first-order valence-electron chi connectivity index (χ1n) is 7.81. The number of carbonyl (C=O) groups is 2. The normalized spacial score (nSPS) is 10.4. The first-order chi connectivity index (χ1) is 12.5. The van der Waals surface area contributed by atoms with Crippen molar-refractivity contribution >= 4 is 57.4 Å². The number of nitrogens with one attached hydrogen (secondary N) is 2. The average Bonchev–Trinajstić information content (AvgIpc) is 3.07. The molecule has 0 saturated heterocycles. The first kappa shape index (κ1) is 20.5. The van der Waals surface area contributed by atoms with Gasteiger partial charge in [-0.3, -0.25) is 9.59 Å². The summed E-state index contributed by atoms with van der Waals surface area (Å²) in [5, 5.41) is 15.3. The Labute approximate surface area is 164 Å². The second-order valence-corrected chi connectivity index (χ2v) is 7.89. The van der Waals surface area contributed by atoms with E-state index in [4.69, 9.17) is 11.6 Å². The lowest BCUT2D eigenvalue weighted by Crippen LogP contribution is -2.26. The van der Waals surface area contributed by atoms with Crippen LogP contribution in [0.15, 0.2) is 22.5 Å². The fraction of sp³-hybridized carbons (Fsp3) is 0.375. The van der Waals surface area contributed by atoms with E-state index in [1.54, 1.807) is 0 Å². The van der Waals surface area contributed by atoms with Crippen molar-refractivity contribution in [2.24, 2.45) is 0 Å². The molecule has 140 valence electrons. The SMILES string of the molecule is COC(=O)CCCNC(=O)CSc1nnc(Nc2ccc(C)c(Cl)c2)s1. The molecule has 0 unspecified atom stereocenters. The van der Waals surface area contributed by atoms with Crippen LogP contribution in [0.4, 0.5) is 10.8 Å². The van der Waals surface area contributed by atoms with Crippen LogP contribution >= 0.6 is 34.7 Å². The minimum atomic E-state index is -0.280. The highest BCUT2D eigenvalue weighted by molar-refractivity contribution is 8.01. The number of benzene rings is 1. The van der Waals surface area contributed by atoms with Crippen molar-refractivity contribution in [3.05, 3.63) is 28.8 Å². The molecule has 0 aliphatic carbocycles. The Morgan fingerprint density at radius 2 is 2.15 bits per heavy atom. The zero-order valence-corrected chi connectivity index (χ0v) is 16.8. The first-order valence-corrected chi connectivity index (χ1v) is 9.99. The standard InChI is InChI=1S/C16H19ClN4O3S2/c1-10-5-6-11(8-12(10)17)19-15-20-21-16(26-15)25-9-13(22)18-7-3-4-14(23)24-2/h5-6,8H,3-4,7,9H2,1-2H3,(H,18,22)(H,19,20). The summed E-state index contributed by atoms with van der Waals surface area (Å²) in [6.07, 6.45) is 0.841. The highest BCUT2D eigenvalue weighted by Crippen LogP contribution is 2.29. The molecule has 0 bridgehead atoms. The van der Waals surface area contributed by atoms with Crippen LogP contribution in [-0.2, 0) is 14.3 Å². The quantitative estimate of drug-likeness (QED) is 0.369. The number of halogens is 1. The number of nitrogens with zero attached hydrogens (tertiary/aromatic N) is 2. The zero-order chi connectivity index (χ0) is 18.9. The van der Waals surface area contributed by atoms with E-state index in [2.05, 4.69) is 25.6 Å². The number of esters is 1. The topological polar surface area (TPSA) is 93.2 Å². The van der Waals surface area contributed by atoms with Gasteiger partial charge in [0.05, 0.1) is 12.9 Å². The molecule has 2 rings (SSSR count). The minimum Gasteiger partial charge on any atom is -0.469 e. The molecule has 10 heteroatoms. The molecular weight excluding hydrogens is 396 g/mol. The molecule has 2 N–H and O–H groups in total. The summed E-state index contributed by atoms with van der Waals surface area (Å²) in [6, 6.07) is 5.66. The lowest BCUT2D eigenvalue weighted by molar-refractivity contribution is -0.140. The van der Waals surface area contributed by atoms with E-state index in [1.165, 1.54) is 30.2 Å². The van der Waals surface area contributed by atoms with E-state index >= 15 is 0 Å². The fourth-order valence-electron chi connectivity index (χ4n) is 1.85. The number of aromatic nitrogens is 2. The molecule has 0 saturated carbocycles. The Morgan fingerprint density at radius 1 is 1.35 bits per heavy atom. The number of anilines is 2. The third-order valence-electron chi connectivity index (χ3n) is 3.26. The van der Waals surface area contributed by atoms with E-state index in [-0.39, 0.29) is 17.6 Å². The van der Waals surface area contributed by atoms with E-state index in [9.17, 15) is 9.59 Å². The van der Waals surface area contributed by atoms with Gasteiger partial charge in [-0.1, -0.05) is 40.8 Å². The number of amides is 1. The largest absolute Gasteiger partial charge is 0.469 e. The van der Waals surface area contributed by atoms with E-state index in [0.717, 1.165) is 11.3 Å². The molecule has 0 fully saturated rings. The third kappa shape index (κ3) is 6.81. The van der Waals surface area contributed by atoms with Gasteiger partial charge >= 0.3 is 5.97 Å². The number of carbonyl (C=O) groups excluding carboxylic acids is 2. The van der Waals surface area contributed by atoms with Crippen molar-refractivity contribution < 1.29 is 14.3 Å². The monoisotopic (exact) mass is 414 g/mol. The summed E-state index contributed by atoms with van der Waals surface area (Å²) < 4.78 is 5.23. The van der Waals surface area contributed by atoms with Gasteiger partial charge in [-0.25, -0.2) is 0 Å². The molecule has 1 amide bonds. The number of hydrogen-bond acceptors (Lipinski definition) is 8. The van der Waals surface area contributed by atoms with Crippen LogP contribution in [0.1, 0.15) is 18.4 Å². The molecule has 1 aromatic carbocycles. The molecule has 1 aromatic heterocycles. The smallest absolute Gasteiger partial charge is 0.305 e. The van der Waals surface area contributed by atoms with E-state index < -0.39 is 0 Å². The molecule has 26 heavy (non-hydrogen) atoms. The highest BCUT2D eigenvalue weighted by Gasteiger charge is 2.09. The summed E-state index contributed by atoms with van der Waals surface area (Å²) in [5.41, 5.74) is 1.83. The highest BCUT2D eigenvalue weighted by atomic mass is 35.5. The summed E-state index contributed by atoms with van der Waals surface area (Å²) in [5.74, 6) is -0.157. The van der Waals surface area contributed by atoms with Crippen molar-refractivity contribution in [3.8, 4) is 0 Å². The number of methoxy groups -OCH3 is 1. The second-order valence-electron chi connectivity index (χ2n) is 5.28. The summed E-state index contributed by atoms with van der Waals surface area (Å²) in [7, 11) is 1.34. The maximum absolute atomic E-state index is 11.8. The Balaban J connectivity index is 1.73. The number of aryl methyl sites for hydroxylation is 1. The van der Waals surface area contributed by atoms with Gasteiger partial charge in [0.1, 0.15) is 0 Å². The van der Waals surface area contributed by atoms with Crippen molar-refractivity contribution in [2.75, 3.05) is 24.7 Å². The number of hydrogen-bond donors (Lipinski definition) is 2. The van der Waals surface area contributed by atoms with Crippen LogP contribution in [0.2, 0.25) is 5.02 Å². The van der Waals surface area contributed by atoms with Crippen LogP contribution < -0.4 is 10.6 Å². The Kier molecular flexibility index (Phi) is 8.14. The number of thioether (sulfide) groups is 1. The molecule has 2 aromatic rings. The molecule has 0 aliphatic heterocycles. The lowest BCUT2D eigenvalue weighted by atomic mass is 10.2. The zero-order valence-electron chi connectivity index (χ0n) is 14.4. The fourth-order valence-corrected chi connectivity index (χ4v) is 3.64. The van der Waals surface area contributed by atoms with Crippen LogP contribution in [-0.4, -0.2) is 41.5 Å². The number of rotatable bonds is 9. The maximum Gasteiger partial charge on any atom is 0.305 e. The van der Waals surface area contributed by atoms with Gasteiger partial charge < -0.3 is 15.4 Å². The van der Waals surface area contributed by atoms with Crippen LogP contribution in [0.25, 0.3) is 0 Å². The van der Waals surface area contributed by atoms with Gasteiger partial charge in [-0.15, -0.1) is 10.2 Å². The van der Waals surface area contributed by atoms with Crippen molar-refractivity contribution in [1.29, 1.82) is 0 Å². The predicted molar refractivity (Wildman–Crippen MR) is 104 cm³/mol. The third-order valence-corrected chi connectivity index (χ3v) is 5.64. The minimum absolute atomic E-state index is 0.116. The Bertz CT molecular complexity index is 770. The van der Waals surface area contributed by atoms with Gasteiger partial charge in [0, 0.05) is 23.7 Å². The van der Waals surface area contributed by atoms with Crippen LogP contribution in [0.3, 0.4) is 0 Å². The van der Waals surface area contributed by atoms with Crippen molar-refractivity contribution in [2.45, 2.75) is 24.1 Å². The van der Waals surface area contributed by atoms with Crippen LogP contribution in [0.5, 0.6) is 0 Å². The second kappa shape index (κ2) is 10.3. The van der Waals surface area contributed by atoms with Crippen molar-refractivity contribution in [1.82, 2.24) is 15.5 Å². The molecule has 0 atom stereocenters. The maximum atomic E-state index is 11.8. The van der Waals surface area contributed by atoms with Crippen molar-refractivity contribution in [3.63, 3.8) is 0 Å². The lowest BCUT2D eigenvalue weighted by Gasteiger charge is -2.04. The van der Waals surface area contributed by atoms with Gasteiger partial charge in [-0.05, 0) is 31.0 Å². The van der Waals surface area contributed by atoms with Gasteiger partial charge in [0.2, 0.25) is 11.0 Å². The van der Waals surface area contributed by atoms with E-state index in [0.29, 0.717) is 33.9 Å². The van der Waals surface area contributed by atoms with Gasteiger partial charge in [0.15, 0.2) is 4.34 Å². The summed E-state index contributed by atoms with van der Waals surface area (Å²) in [6.45, 7) is 2.37. The summed E-state index contributed by atoms with van der Waals surface area (Å²) in [4.78, 5) is 22.7.